The van der Waals surface area contributed by atoms with Gasteiger partial charge in [-0.1, -0.05) is 49.4 Å². The molecule has 2 rings (SSSR count). The van der Waals surface area contributed by atoms with Crippen molar-refractivity contribution in [3.8, 4) is 0 Å². The summed E-state index contributed by atoms with van der Waals surface area (Å²) in [5, 5.41) is 12.7. The molecule has 2 aromatic carbocycles. The van der Waals surface area contributed by atoms with Crippen LogP contribution < -0.4 is 5.73 Å². The Morgan fingerprint density at radius 2 is 1.82 bits per heavy atom. The highest BCUT2D eigenvalue weighted by Crippen LogP contribution is 2.29. The van der Waals surface area contributed by atoms with E-state index in [2.05, 4.69) is 25.1 Å². The third-order valence-electron chi connectivity index (χ3n) is 3.42. The molecule has 90 valence electrons. The molecule has 0 amide bonds. The van der Waals surface area contributed by atoms with E-state index >= 15 is 0 Å². The molecule has 3 N–H and O–H groups in total. The van der Waals surface area contributed by atoms with Gasteiger partial charge in [0.15, 0.2) is 0 Å². The maximum Gasteiger partial charge on any atom is 0.0836 e. The molecular weight excluding hydrogens is 210 g/mol. The number of aliphatic hydroxyl groups is 1. The quantitative estimate of drug-likeness (QED) is 0.846. The van der Waals surface area contributed by atoms with Crippen LogP contribution in [0.4, 0.5) is 0 Å². The molecule has 0 aliphatic heterocycles. The molecule has 2 unspecified atom stereocenters. The van der Waals surface area contributed by atoms with E-state index in [0.717, 1.165) is 22.8 Å². The van der Waals surface area contributed by atoms with Gasteiger partial charge in [0, 0.05) is 5.92 Å². The lowest BCUT2D eigenvalue weighted by molar-refractivity contribution is 0.111. The molecule has 0 heterocycles. The van der Waals surface area contributed by atoms with E-state index in [0.29, 0.717) is 6.54 Å². The molecule has 2 aromatic rings. The van der Waals surface area contributed by atoms with Gasteiger partial charge >= 0.3 is 0 Å². The standard InChI is InChI=1S/C15H19NO/c1-2-11(10-16)15(17)14-9-5-7-12-6-3-4-8-13(12)14/h3-9,11,15,17H,2,10,16H2,1H3. The Hall–Kier alpha value is -1.38. The summed E-state index contributed by atoms with van der Waals surface area (Å²) in [7, 11) is 0. The average Bonchev–Trinajstić information content (AvgIpc) is 2.39. The predicted octanol–water partition coefficient (Wildman–Crippen LogP) is 2.86. The minimum atomic E-state index is -0.476. The smallest absolute Gasteiger partial charge is 0.0836 e. The Labute approximate surface area is 102 Å². The molecule has 0 spiro atoms. The first-order valence-electron chi connectivity index (χ1n) is 6.13. The van der Waals surface area contributed by atoms with Crippen LogP contribution in [0, 0.1) is 5.92 Å². The van der Waals surface area contributed by atoms with E-state index in [9.17, 15) is 5.11 Å². The summed E-state index contributed by atoms with van der Waals surface area (Å²) in [5.74, 6) is 0.126. The zero-order chi connectivity index (χ0) is 12.3. The van der Waals surface area contributed by atoms with Crippen LogP contribution in [0.25, 0.3) is 10.8 Å². The summed E-state index contributed by atoms with van der Waals surface area (Å²) >= 11 is 0. The number of hydrogen-bond donors (Lipinski definition) is 2. The van der Waals surface area contributed by atoms with E-state index in [4.69, 9.17) is 5.73 Å². The molecule has 0 fully saturated rings. The molecule has 0 saturated carbocycles. The number of rotatable bonds is 4. The van der Waals surface area contributed by atoms with Crippen molar-refractivity contribution in [1.82, 2.24) is 0 Å². The van der Waals surface area contributed by atoms with Gasteiger partial charge in [-0.25, -0.2) is 0 Å². The van der Waals surface area contributed by atoms with E-state index in [1.54, 1.807) is 0 Å². The second kappa shape index (κ2) is 5.30. The molecule has 0 aliphatic rings. The Morgan fingerprint density at radius 1 is 1.12 bits per heavy atom. The highest BCUT2D eigenvalue weighted by Gasteiger charge is 2.19. The van der Waals surface area contributed by atoms with Gasteiger partial charge in [-0.15, -0.1) is 0 Å². The van der Waals surface area contributed by atoms with Crippen molar-refractivity contribution in [2.45, 2.75) is 19.4 Å². The molecule has 0 radical (unpaired) electrons. The molecule has 2 atom stereocenters. The van der Waals surface area contributed by atoms with Gasteiger partial charge in [-0.3, -0.25) is 0 Å². The van der Waals surface area contributed by atoms with E-state index in [1.165, 1.54) is 0 Å². The summed E-state index contributed by atoms with van der Waals surface area (Å²) in [6.45, 7) is 2.58. The first-order chi connectivity index (χ1) is 8.27. The lowest BCUT2D eigenvalue weighted by Gasteiger charge is -2.21. The van der Waals surface area contributed by atoms with Crippen LogP contribution in [0.1, 0.15) is 25.0 Å². The molecule has 0 aromatic heterocycles. The van der Waals surface area contributed by atoms with Crippen LogP contribution in [0.2, 0.25) is 0 Å². The fraction of sp³-hybridized carbons (Fsp3) is 0.333. The first kappa shape index (κ1) is 12.1. The summed E-state index contributed by atoms with van der Waals surface area (Å²) < 4.78 is 0. The van der Waals surface area contributed by atoms with Crippen molar-refractivity contribution in [3.05, 3.63) is 48.0 Å². The summed E-state index contributed by atoms with van der Waals surface area (Å²) in [5.41, 5.74) is 6.69. The zero-order valence-electron chi connectivity index (χ0n) is 10.1. The van der Waals surface area contributed by atoms with Crippen molar-refractivity contribution < 1.29 is 5.11 Å². The monoisotopic (exact) mass is 229 g/mol. The first-order valence-corrected chi connectivity index (χ1v) is 6.13. The molecule has 2 nitrogen and oxygen atoms in total. The van der Waals surface area contributed by atoms with Gasteiger partial charge in [0.05, 0.1) is 6.10 Å². The summed E-state index contributed by atoms with van der Waals surface area (Å²) in [4.78, 5) is 0. The average molecular weight is 229 g/mol. The Kier molecular flexibility index (Phi) is 3.77. The van der Waals surface area contributed by atoms with E-state index in [1.807, 2.05) is 24.3 Å². The van der Waals surface area contributed by atoms with Crippen molar-refractivity contribution in [3.63, 3.8) is 0 Å². The van der Waals surface area contributed by atoms with Crippen molar-refractivity contribution in [1.29, 1.82) is 0 Å². The second-order valence-corrected chi connectivity index (χ2v) is 4.42. The van der Waals surface area contributed by atoms with E-state index < -0.39 is 6.10 Å². The van der Waals surface area contributed by atoms with Gasteiger partial charge in [0.2, 0.25) is 0 Å². The highest BCUT2D eigenvalue weighted by atomic mass is 16.3. The minimum absolute atomic E-state index is 0.126. The van der Waals surface area contributed by atoms with Crippen LogP contribution in [-0.4, -0.2) is 11.7 Å². The molecule has 0 bridgehead atoms. The number of fused-ring (bicyclic) bond motifs is 1. The van der Waals surface area contributed by atoms with E-state index in [-0.39, 0.29) is 5.92 Å². The second-order valence-electron chi connectivity index (χ2n) is 4.42. The minimum Gasteiger partial charge on any atom is -0.388 e. The maximum absolute atomic E-state index is 10.4. The van der Waals surface area contributed by atoms with Crippen molar-refractivity contribution >= 4 is 10.8 Å². The molecule has 2 heteroatoms. The van der Waals surface area contributed by atoms with Crippen LogP contribution in [0.3, 0.4) is 0 Å². The fourth-order valence-corrected chi connectivity index (χ4v) is 2.28. The van der Waals surface area contributed by atoms with Gasteiger partial charge in [-0.2, -0.15) is 0 Å². The number of hydrogen-bond acceptors (Lipinski definition) is 2. The fourth-order valence-electron chi connectivity index (χ4n) is 2.28. The zero-order valence-corrected chi connectivity index (χ0v) is 10.1. The lowest BCUT2D eigenvalue weighted by Crippen LogP contribution is -2.21. The van der Waals surface area contributed by atoms with Crippen LogP contribution in [-0.2, 0) is 0 Å². The third kappa shape index (κ3) is 2.33. The van der Waals surface area contributed by atoms with Crippen molar-refractivity contribution in [2.24, 2.45) is 11.7 Å². The summed E-state index contributed by atoms with van der Waals surface area (Å²) in [6.07, 6.45) is 0.414. The summed E-state index contributed by atoms with van der Waals surface area (Å²) in [6, 6.07) is 14.2. The highest BCUT2D eigenvalue weighted by molar-refractivity contribution is 5.85. The number of aliphatic hydroxyl groups excluding tert-OH is 1. The normalized spacial score (nSPS) is 14.8. The Balaban J connectivity index is 2.47. The predicted molar refractivity (Wildman–Crippen MR) is 71.7 cm³/mol. The van der Waals surface area contributed by atoms with Crippen LogP contribution in [0.5, 0.6) is 0 Å². The number of nitrogens with two attached hydrogens (primary N) is 1. The van der Waals surface area contributed by atoms with Crippen LogP contribution in [0.15, 0.2) is 42.5 Å². The Morgan fingerprint density at radius 3 is 2.53 bits per heavy atom. The lowest BCUT2D eigenvalue weighted by atomic mass is 9.90. The maximum atomic E-state index is 10.4. The SMILES string of the molecule is CCC(CN)C(O)c1cccc2ccccc12. The van der Waals surface area contributed by atoms with Crippen LogP contribution >= 0.6 is 0 Å². The molecule has 0 aliphatic carbocycles. The molecule has 0 saturated heterocycles. The van der Waals surface area contributed by atoms with Gasteiger partial charge in [0.1, 0.15) is 0 Å². The molecule has 17 heavy (non-hydrogen) atoms. The number of benzene rings is 2. The van der Waals surface area contributed by atoms with Gasteiger partial charge in [0.25, 0.3) is 0 Å². The van der Waals surface area contributed by atoms with Crippen molar-refractivity contribution in [2.75, 3.05) is 6.54 Å². The largest absolute Gasteiger partial charge is 0.388 e. The van der Waals surface area contributed by atoms with Gasteiger partial charge in [-0.05, 0) is 29.3 Å². The topological polar surface area (TPSA) is 46.2 Å². The molecular formula is C15H19NO. The Bertz CT molecular complexity index is 486. The third-order valence-corrected chi connectivity index (χ3v) is 3.42. The van der Waals surface area contributed by atoms with Gasteiger partial charge < -0.3 is 10.8 Å².